The van der Waals surface area contributed by atoms with Crippen LogP contribution in [0.25, 0.3) is 10.9 Å². The predicted molar refractivity (Wildman–Crippen MR) is 128 cm³/mol. The van der Waals surface area contributed by atoms with Gasteiger partial charge >= 0.3 is 6.18 Å². The molecule has 0 unspecified atom stereocenters. The van der Waals surface area contributed by atoms with Crippen molar-refractivity contribution < 1.29 is 27.4 Å². The number of H-pyrrole nitrogens is 1. The number of aromatic amines is 1. The van der Waals surface area contributed by atoms with Gasteiger partial charge in [0.15, 0.2) is 0 Å². The van der Waals surface area contributed by atoms with Gasteiger partial charge in [0.1, 0.15) is 17.7 Å². The van der Waals surface area contributed by atoms with Crippen LogP contribution in [0.1, 0.15) is 60.6 Å². The van der Waals surface area contributed by atoms with Gasteiger partial charge in [-0.3, -0.25) is 9.59 Å². The smallest absolute Gasteiger partial charge is 0.416 e. The molecule has 7 nitrogen and oxygen atoms in total. The summed E-state index contributed by atoms with van der Waals surface area (Å²) in [5.74, 6) is 0.394. The van der Waals surface area contributed by atoms with E-state index in [1.807, 2.05) is 13.8 Å². The molecule has 1 amide bonds. The molecule has 0 aliphatic carbocycles. The number of benzene rings is 2. The van der Waals surface area contributed by atoms with Gasteiger partial charge in [-0.15, -0.1) is 0 Å². The number of morpholine rings is 1. The summed E-state index contributed by atoms with van der Waals surface area (Å²) in [4.78, 5) is 33.6. The molecule has 0 spiro atoms. The Kier molecular flexibility index (Phi) is 7.08. The van der Waals surface area contributed by atoms with Crippen LogP contribution in [0.2, 0.25) is 0 Å². The number of hydrogen-bond donors (Lipinski definition) is 1. The van der Waals surface area contributed by atoms with Crippen LogP contribution in [0.15, 0.2) is 41.2 Å². The zero-order valence-corrected chi connectivity index (χ0v) is 20.5. The number of carbonyl (C=O) groups excluding carboxylic acids is 1. The maximum absolute atomic E-state index is 14.0. The van der Waals surface area contributed by atoms with E-state index in [1.54, 1.807) is 36.1 Å². The van der Waals surface area contributed by atoms with Crippen molar-refractivity contribution in [2.75, 3.05) is 13.1 Å². The Bertz CT molecular complexity index is 1310. The molecule has 192 valence electrons. The van der Waals surface area contributed by atoms with Crippen LogP contribution in [-0.2, 0) is 10.9 Å². The Morgan fingerprint density at radius 1 is 1.19 bits per heavy atom. The second kappa shape index (κ2) is 9.93. The van der Waals surface area contributed by atoms with Crippen LogP contribution in [0.5, 0.6) is 5.75 Å². The zero-order valence-electron chi connectivity index (χ0n) is 20.5. The molecule has 0 bridgehead atoms. The van der Waals surface area contributed by atoms with E-state index < -0.39 is 23.4 Å². The molecule has 1 saturated heterocycles. The van der Waals surface area contributed by atoms with Gasteiger partial charge in [-0.25, -0.2) is 4.98 Å². The molecule has 3 aromatic rings. The van der Waals surface area contributed by atoms with E-state index in [1.165, 1.54) is 13.0 Å². The highest BCUT2D eigenvalue weighted by atomic mass is 19.4. The minimum atomic E-state index is -4.67. The molecule has 4 rings (SSSR count). The maximum Gasteiger partial charge on any atom is 0.416 e. The number of fused-ring (bicyclic) bond motifs is 1. The lowest BCUT2D eigenvalue weighted by atomic mass is 9.97. The highest BCUT2D eigenvalue weighted by Gasteiger charge is 2.36. The largest absolute Gasteiger partial charge is 0.486 e. The molecule has 1 aliphatic heterocycles. The van der Waals surface area contributed by atoms with Crippen molar-refractivity contribution in [3.8, 4) is 5.75 Å². The highest BCUT2D eigenvalue weighted by molar-refractivity contribution is 5.94. The van der Waals surface area contributed by atoms with Crippen LogP contribution >= 0.6 is 0 Å². The number of halogens is 3. The van der Waals surface area contributed by atoms with Gasteiger partial charge in [-0.05, 0) is 63.6 Å². The molecule has 36 heavy (non-hydrogen) atoms. The van der Waals surface area contributed by atoms with E-state index in [-0.39, 0.29) is 46.8 Å². The first kappa shape index (κ1) is 25.7. The van der Waals surface area contributed by atoms with Crippen molar-refractivity contribution in [3.05, 3.63) is 69.3 Å². The van der Waals surface area contributed by atoms with Crippen molar-refractivity contribution in [1.29, 1.82) is 0 Å². The van der Waals surface area contributed by atoms with Crippen LogP contribution in [-0.4, -0.2) is 46.1 Å². The van der Waals surface area contributed by atoms with Gasteiger partial charge in [-0.1, -0.05) is 6.92 Å². The predicted octanol–water partition coefficient (Wildman–Crippen LogP) is 5.03. The minimum Gasteiger partial charge on any atom is -0.486 e. The molecule has 2 heterocycles. The summed E-state index contributed by atoms with van der Waals surface area (Å²) >= 11 is 0. The summed E-state index contributed by atoms with van der Waals surface area (Å²) in [7, 11) is 0. The summed E-state index contributed by atoms with van der Waals surface area (Å²) < 4.78 is 53.5. The lowest BCUT2D eigenvalue weighted by molar-refractivity contribution is -0.139. The molecule has 2 aromatic carbocycles. The van der Waals surface area contributed by atoms with Gasteiger partial charge in [-0.2, -0.15) is 13.2 Å². The molecule has 1 N–H and O–H groups in total. The average molecular weight is 504 g/mol. The summed E-state index contributed by atoms with van der Waals surface area (Å²) in [6.07, 6.45) is -5.56. The first-order valence-electron chi connectivity index (χ1n) is 11.8. The van der Waals surface area contributed by atoms with Crippen molar-refractivity contribution in [2.24, 2.45) is 0 Å². The van der Waals surface area contributed by atoms with Gasteiger partial charge in [0.25, 0.3) is 11.5 Å². The number of amides is 1. The first-order valence-corrected chi connectivity index (χ1v) is 11.8. The van der Waals surface area contributed by atoms with Crippen molar-refractivity contribution in [3.63, 3.8) is 0 Å². The van der Waals surface area contributed by atoms with E-state index in [2.05, 4.69) is 9.97 Å². The quantitative estimate of drug-likeness (QED) is 0.528. The highest BCUT2D eigenvalue weighted by Crippen LogP contribution is 2.38. The molecule has 1 aromatic heterocycles. The monoisotopic (exact) mass is 503 g/mol. The minimum absolute atomic E-state index is 0.0307. The number of aromatic nitrogens is 2. The fourth-order valence-corrected chi connectivity index (χ4v) is 4.56. The molecule has 1 fully saturated rings. The molecule has 1 aliphatic rings. The maximum atomic E-state index is 14.0. The standard InChI is InChI=1S/C26H28F3N3O4/c1-5-23(19-10-20-22(11-21(19)26(27,28)29)30-16(4)31-24(20)33)36-18-8-6-17(7-9-18)25(34)32-12-14(2)35-15(3)13-32/h6-11,14-15,23H,5,12-13H2,1-4H3,(H,30,31,33)/t14-,15+,23-/m0/s1. The number of carbonyl (C=O) groups is 1. The van der Waals surface area contributed by atoms with E-state index in [0.29, 0.717) is 24.4 Å². The SMILES string of the molecule is CC[C@H](Oc1ccc(C(=O)N2C[C@@H](C)O[C@@H](C)C2)cc1)c1cc2c(=O)[nH]c(C)nc2cc1C(F)(F)F. The average Bonchev–Trinajstić information content (AvgIpc) is 2.80. The molecule has 0 radical (unpaired) electrons. The van der Waals surface area contributed by atoms with Gasteiger partial charge in [0.05, 0.1) is 28.7 Å². The summed E-state index contributed by atoms with van der Waals surface area (Å²) in [5.41, 5.74) is -1.15. The number of hydrogen-bond acceptors (Lipinski definition) is 5. The Balaban J connectivity index is 1.62. The zero-order chi connectivity index (χ0) is 26.2. The number of aryl methyl sites for hydroxylation is 1. The third kappa shape index (κ3) is 5.38. The van der Waals surface area contributed by atoms with E-state index in [9.17, 15) is 22.8 Å². The molecule has 0 saturated carbocycles. The first-order chi connectivity index (χ1) is 17.0. The number of nitrogens with zero attached hydrogens (tertiary/aromatic N) is 2. The van der Waals surface area contributed by atoms with Crippen molar-refractivity contribution in [1.82, 2.24) is 14.9 Å². The van der Waals surface area contributed by atoms with E-state index in [0.717, 1.165) is 6.07 Å². The van der Waals surface area contributed by atoms with Gasteiger partial charge in [0, 0.05) is 24.2 Å². The Labute approximate surface area is 206 Å². The fourth-order valence-electron chi connectivity index (χ4n) is 4.56. The molecular formula is C26H28F3N3O4. The van der Waals surface area contributed by atoms with Crippen LogP contribution < -0.4 is 10.3 Å². The normalized spacial score (nSPS) is 19.4. The molecule has 3 atom stereocenters. The van der Waals surface area contributed by atoms with Gasteiger partial charge < -0.3 is 19.4 Å². The third-order valence-electron chi connectivity index (χ3n) is 6.10. The Morgan fingerprint density at radius 2 is 1.83 bits per heavy atom. The summed E-state index contributed by atoms with van der Waals surface area (Å²) in [6, 6.07) is 8.42. The fraction of sp³-hybridized carbons (Fsp3) is 0.423. The molecule has 10 heteroatoms. The van der Waals surface area contributed by atoms with Crippen LogP contribution in [0, 0.1) is 6.92 Å². The van der Waals surface area contributed by atoms with Crippen LogP contribution in [0.3, 0.4) is 0 Å². The van der Waals surface area contributed by atoms with Crippen molar-refractivity contribution in [2.45, 2.75) is 58.6 Å². The topological polar surface area (TPSA) is 84.5 Å². The lowest BCUT2D eigenvalue weighted by Gasteiger charge is -2.35. The second-order valence-corrected chi connectivity index (χ2v) is 9.11. The second-order valence-electron chi connectivity index (χ2n) is 9.11. The summed E-state index contributed by atoms with van der Waals surface area (Å²) in [5, 5.41) is 0.0561. The van der Waals surface area contributed by atoms with Gasteiger partial charge in [0.2, 0.25) is 0 Å². The third-order valence-corrected chi connectivity index (χ3v) is 6.10. The van der Waals surface area contributed by atoms with Crippen molar-refractivity contribution >= 4 is 16.8 Å². The number of nitrogens with one attached hydrogen (secondary N) is 1. The van der Waals surface area contributed by atoms with E-state index >= 15 is 0 Å². The Morgan fingerprint density at radius 3 is 2.42 bits per heavy atom. The Hall–Kier alpha value is -3.40. The van der Waals surface area contributed by atoms with E-state index in [4.69, 9.17) is 9.47 Å². The number of ether oxygens (including phenoxy) is 2. The molecular weight excluding hydrogens is 475 g/mol. The summed E-state index contributed by atoms with van der Waals surface area (Å²) in [6.45, 7) is 7.99. The van der Waals surface area contributed by atoms with Crippen LogP contribution in [0.4, 0.5) is 13.2 Å². The lowest BCUT2D eigenvalue weighted by Crippen LogP contribution is -2.48. The number of alkyl halides is 3. The number of rotatable bonds is 5.